The number of phenols is 2. The molecule has 3 rings (SSSR count). The van der Waals surface area contributed by atoms with E-state index in [4.69, 9.17) is 46.4 Å². The van der Waals surface area contributed by atoms with Crippen molar-refractivity contribution in [2.45, 2.75) is 4.75 Å². The van der Waals surface area contributed by atoms with E-state index in [2.05, 4.69) is 0 Å². The van der Waals surface area contributed by atoms with Gasteiger partial charge >= 0.3 is 0 Å². The summed E-state index contributed by atoms with van der Waals surface area (Å²) in [5.41, 5.74) is -0.280. The van der Waals surface area contributed by atoms with Gasteiger partial charge in [-0.2, -0.15) is 8.42 Å². The molecule has 0 heterocycles. The Morgan fingerprint density at radius 3 is 1.90 bits per heavy atom. The highest BCUT2D eigenvalue weighted by molar-refractivity contribution is 7.87. The van der Waals surface area contributed by atoms with E-state index in [0.29, 0.717) is 5.02 Å². The molecule has 29 heavy (non-hydrogen) atoms. The maximum Gasteiger partial charge on any atom is 0.283 e. The molecule has 0 aliphatic heterocycles. The van der Waals surface area contributed by atoms with Crippen molar-refractivity contribution in [1.29, 1.82) is 0 Å². The number of hydrogen-bond donors (Lipinski definition) is 3. The van der Waals surface area contributed by atoms with Crippen LogP contribution in [0.15, 0.2) is 54.6 Å². The van der Waals surface area contributed by atoms with Gasteiger partial charge in [0.25, 0.3) is 10.1 Å². The topological polar surface area (TPSA) is 94.8 Å². The van der Waals surface area contributed by atoms with Gasteiger partial charge in [-0.25, -0.2) is 0 Å². The first-order valence-electron chi connectivity index (χ1n) is 7.89. The predicted molar refractivity (Wildman–Crippen MR) is 114 cm³/mol. The van der Waals surface area contributed by atoms with E-state index >= 15 is 0 Å². The van der Waals surface area contributed by atoms with E-state index in [9.17, 15) is 23.2 Å². The van der Waals surface area contributed by atoms with Crippen molar-refractivity contribution in [2.75, 3.05) is 0 Å². The molecule has 0 radical (unpaired) electrons. The Balaban J connectivity index is 2.56. The monoisotopic (exact) mass is 492 g/mol. The minimum atomic E-state index is -5.03. The number of benzene rings is 3. The highest BCUT2D eigenvalue weighted by Gasteiger charge is 2.50. The van der Waals surface area contributed by atoms with Crippen LogP contribution >= 0.6 is 46.4 Å². The fourth-order valence-electron chi connectivity index (χ4n) is 3.15. The van der Waals surface area contributed by atoms with Crippen molar-refractivity contribution in [2.24, 2.45) is 0 Å². The maximum atomic E-state index is 12.9. The van der Waals surface area contributed by atoms with Crippen molar-refractivity contribution in [3.63, 3.8) is 0 Å². The Bertz CT molecular complexity index is 1200. The second-order valence-corrected chi connectivity index (χ2v) is 9.28. The van der Waals surface area contributed by atoms with Gasteiger partial charge < -0.3 is 10.2 Å². The lowest BCUT2D eigenvalue weighted by Crippen LogP contribution is -2.38. The molecule has 0 saturated carbocycles. The molecule has 152 valence electrons. The van der Waals surface area contributed by atoms with E-state index in [-0.39, 0.29) is 26.7 Å². The quantitative estimate of drug-likeness (QED) is 0.311. The van der Waals surface area contributed by atoms with Crippen LogP contribution in [0.3, 0.4) is 0 Å². The van der Waals surface area contributed by atoms with Crippen LogP contribution in [0.2, 0.25) is 20.1 Å². The Morgan fingerprint density at radius 1 is 0.759 bits per heavy atom. The summed E-state index contributed by atoms with van der Waals surface area (Å²) < 4.78 is 33.9. The smallest absolute Gasteiger partial charge is 0.283 e. The molecule has 0 saturated heterocycles. The summed E-state index contributed by atoms with van der Waals surface area (Å²) in [6.45, 7) is 0. The fourth-order valence-corrected chi connectivity index (χ4v) is 5.04. The first kappa shape index (κ1) is 22.0. The van der Waals surface area contributed by atoms with Crippen LogP contribution in [0.1, 0.15) is 16.7 Å². The zero-order valence-electron chi connectivity index (χ0n) is 14.3. The number of phenolic OH excluding ortho intramolecular Hbond substituents is 2. The summed E-state index contributed by atoms with van der Waals surface area (Å²) in [4.78, 5) is 0. The van der Waals surface area contributed by atoms with Crippen molar-refractivity contribution in [3.8, 4) is 11.5 Å². The molecule has 3 N–H and O–H groups in total. The molecular formula is C19H12Cl4O5S. The summed E-state index contributed by atoms with van der Waals surface area (Å²) in [5.74, 6) is -1.20. The Labute approximate surface area is 186 Å². The number of aromatic hydroxyl groups is 2. The van der Waals surface area contributed by atoms with Crippen LogP contribution in [-0.2, 0) is 14.9 Å². The molecule has 0 aromatic heterocycles. The average molecular weight is 494 g/mol. The molecule has 3 aromatic carbocycles. The Hall–Kier alpha value is -1.67. The summed E-state index contributed by atoms with van der Waals surface area (Å²) in [6.07, 6.45) is 0. The van der Waals surface area contributed by atoms with Gasteiger partial charge in [0.2, 0.25) is 0 Å². The number of hydrogen-bond acceptors (Lipinski definition) is 4. The van der Waals surface area contributed by atoms with E-state index in [1.807, 2.05) is 0 Å². The molecule has 1 unspecified atom stereocenters. The van der Waals surface area contributed by atoms with Gasteiger partial charge in [-0.15, -0.1) is 0 Å². The third kappa shape index (κ3) is 3.65. The molecule has 0 aliphatic rings. The summed E-state index contributed by atoms with van der Waals surface area (Å²) in [6, 6.07) is 11.8. The lowest BCUT2D eigenvalue weighted by atomic mass is 9.83. The van der Waals surface area contributed by atoms with Crippen LogP contribution in [-0.4, -0.2) is 23.2 Å². The van der Waals surface area contributed by atoms with E-state index in [0.717, 1.165) is 12.1 Å². The van der Waals surface area contributed by atoms with Gasteiger partial charge in [0, 0.05) is 10.6 Å². The summed E-state index contributed by atoms with van der Waals surface area (Å²) >= 11 is 24.0. The molecule has 1 atom stereocenters. The first-order valence-corrected chi connectivity index (χ1v) is 10.8. The van der Waals surface area contributed by atoms with Crippen LogP contribution in [0.25, 0.3) is 0 Å². The van der Waals surface area contributed by atoms with Crippen molar-refractivity contribution >= 4 is 56.5 Å². The molecule has 0 aliphatic carbocycles. The van der Waals surface area contributed by atoms with Crippen molar-refractivity contribution in [1.82, 2.24) is 0 Å². The van der Waals surface area contributed by atoms with Crippen LogP contribution in [0, 0.1) is 0 Å². The van der Waals surface area contributed by atoms with E-state index in [1.54, 1.807) is 0 Å². The van der Waals surface area contributed by atoms with Gasteiger partial charge in [0.05, 0.1) is 10.0 Å². The predicted octanol–water partition coefficient (Wildman–Crippen LogP) is 5.89. The molecular weight excluding hydrogens is 482 g/mol. The van der Waals surface area contributed by atoms with Gasteiger partial charge in [0.15, 0.2) is 4.75 Å². The number of halogens is 4. The third-order valence-electron chi connectivity index (χ3n) is 4.44. The number of rotatable bonds is 4. The third-order valence-corrected chi connectivity index (χ3v) is 7.27. The van der Waals surface area contributed by atoms with Gasteiger partial charge in [0.1, 0.15) is 16.5 Å². The van der Waals surface area contributed by atoms with Gasteiger partial charge in [-0.05, 0) is 47.5 Å². The second-order valence-electron chi connectivity index (χ2n) is 6.09. The summed E-state index contributed by atoms with van der Waals surface area (Å²) in [7, 11) is -5.03. The molecule has 0 amide bonds. The highest BCUT2D eigenvalue weighted by atomic mass is 35.5. The van der Waals surface area contributed by atoms with Gasteiger partial charge in [-0.1, -0.05) is 64.6 Å². The zero-order chi connectivity index (χ0) is 21.6. The largest absolute Gasteiger partial charge is 0.506 e. The molecule has 0 spiro atoms. The highest BCUT2D eigenvalue weighted by Crippen LogP contribution is 2.51. The molecule has 5 nitrogen and oxygen atoms in total. The lowest BCUT2D eigenvalue weighted by molar-refractivity contribution is 0.431. The molecule has 10 heteroatoms. The molecule has 0 bridgehead atoms. The minimum absolute atomic E-state index is 0.0196. The van der Waals surface area contributed by atoms with Gasteiger partial charge in [-0.3, -0.25) is 4.55 Å². The van der Waals surface area contributed by atoms with Crippen molar-refractivity contribution < 1.29 is 23.2 Å². The molecule has 0 fully saturated rings. The SMILES string of the molecule is O=S(=O)(O)C(c1ccc(Cl)cc1)(c1ccc(Cl)c(Cl)c1)c1ccc(O)c(Cl)c1O. The lowest BCUT2D eigenvalue weighted by Gasteiger charge is -2.33. The molecule has 3 aromatic rings. The van der Waals surface area contributed by atoms with Crippen LogP contribution in [0.4, 0.5) is 0 Å². The standard InChI is InChI=1S/C19H12Cl4O5S/c20-12-4-1-10(2-5-12)19(29(26,27)28,11-3-7-14(21)15(22)9-11)13-6-8-16(24)17(23)18(13)25/h1-9,24-25H,(H,26,27,28). The fraction of sp³-hybridized carbons (Fsp3) is 0.0526. The Kier molecular flexibility index (Phi) is 5.98. The maximum absolute atomic E-state index is 12.9. The Morgan fingerprint density at radius 2 is 1.34 bits per heavy atom. The zero-order valence-corrected chi connectivity index (χ0v) is 18.1. The van der Waals surface area contributed by atoms with Crippen LogP contribution in [0.5, 0.6) is 11.5 Å². The second kappa shape index (κ2) is 7.87. The average Bonchev–Trinajstić information content (AvgIpc) is 2.65. The first-order chi connectivity index (χ1) is 13.5. The summed E-state index contributed by atoms with van der Waals surface area (Å²) in [5, 5.41) is 20.4. The normalized spacial score (nSPS) is 13.8. The van der Waals surface area contributed by atoms with Crippen LogP contribution < -0.4 is 0 Å². The van der Waals surface area contributed by atoms with E-state index in [1.165, 1.54) is 42.5 Å². The minimum Gasteiger partial charge on any atom is -0.506 e. The van der Waals surface area contributed by atoms with E-state index < -0.39 is 31.4 Å². The van der Waals surface area contributed by atoms with Crippen molar-refractivity contribution in [3.05, 3.63) is 91.4 Å².